The lowest BCUT2D eigenvalue weighted by Gasteiger charge is -2.44. The molecule has 28 heavy (non-hydrogen) atoms. The van der Waals surface area contributed by atoms with Crippen molar-refractivity contribution in [3.8, 4) is 0 Å². The number of hydrogen-bond acceptors (Lipinski definition) is 4. The number of halogens is 1. The molecule has 4 rings (SSSR count). The highest BCUT2D eigenvalue weighted by atomic mass is 35.5. The molecule has 0 aromatic heterocycles. The number of thioether (sulfide) groups is 1. The molecular weight excluding hydrogens is 392 g/mol. The Morgan fingerprint density at radius 1 is 1.21 bits per heavy atom. The fraction of sp³-hybridized carbons (Fsp3) is 0.333. The van der Waals surface area contributed by atoms with Crippen LogP contribution in [0, 0.1) is 0 Å². The number of amides is 1. The number of anilines is 3. The van der Waals surface area contributed by atoms with Crippen LogP contribution in [0.25, 0.3) is 0 Å². The summed E-state index contributed by atoms with van der Waals surface area (Å²) >= 11 is 8.10. The number of hydrogen-bond donors (Lipinski definition) is 3. The molecular formula is C21H23ClN4OS. The fourth-order valence-electron chi connectivity index (χ4n) is 3.68. The van der Waals surface area contributed by atoms with E-state index < -0.39 is 0 Å². The zero-order chi connectivity index (χ0) is 19.6. The minimum atomic E-state index is -0.174. The van der Waals surface area contributed by atoms with Crippen LogP contribution >= 0.6 is 23.4 Å². The Bertz CT molecular complexity index is 924. The molecule has 0 saturated carbocycles. The van der Waals surface area contributed by atoms with E-state index in [0.29, 0.717) is 6.54 Å². The number of aliphatic imine (C=N–C) groups is 1. The number of nitrogens with one attached hydrogen (secondary N) is 3. The summed E-state index contributed by atoms with van der Waals surface area (Å²) in [5.74, 6) is 3.08. The van der Waals surface area contributed by atoms with Gasteiger partial charge in [-0.2, -0.15) is 11.8 Å². The van der Waals surface area contributed by atoms with Crippen molar-refractivity contribution in [1.29, 1.82) is 0 Å². The van der Waals surface area contributed by atoms with E-state index in [1.54, 1.807) is 0 Å². The van der Waals surface area contributed by atoms with E-state index in [2.05, 4.69) is 16.0 Å². The summed E-state index contributed by atoms with van der Waals surface area (Å²) < 4.78 is 0. The van der Waals surface area contributed by atoms with Crippen molar-refractivity contribution >= 4 is 52.2 Å². The molecule has 2 aliphatic heterocycles. The van der Waals surface area contributed by atoms with Gasteiger partial charge in [0.1, 0.15) is 5.84 Å². The molecule has 2 aromatic rings. The molecule has 0 radical (unpaired) electrons. The van der Waals surface area contributed by atoms with Crippen LogP contribution < -0.4 is 16.0 Å². The van der Waals surface area contributed by atoms with Crippen LogP contribution in [0.3, 0.4) is 0 Å². The number of fused-ring (bicyclic) bond motifs is 1. The quantitative estimate of drug-likeness (QED) is 0.661. The van der Waals surface area contributed by atoms with Crippen molar-refractivity contribution in [3.05, 3.63) is 53.1 Å². The minimum Gasteiger partial charge on any atom is -0.371 e. The zero-order valence-electron chi connectivity index (χ0n) is 15.7. The Kier molecular flexibility index (Phi) is 5.51. The largest absolute Gasteiger partial charge is 0.371 e. The Labute approximate surface area is 174 Å². The lowest BCUT2D eigenvalue weighted by Crippen LogP contribution is -2.54. The molecule has 7 heteroatoms. The smallest absolute Gasteiger partial charge is 0.221 e. The highest BCUT2D eigenvalue weighted by Gasteiger charge is 2.41. The summed E-state index contributed by atoms with van der Waals surface area (Å²) in [4.78, 5) is 16.3. The highest BCUT2D eigenvalue weighted by Crippen LogP contribution is 2.40. The maximum absolute atomic E-state index is 11.4. The van der Waals surface area contributed by atoms with E-state index in [4.69, 9.17) is 16.6 Å². The van der Waals surface area contributed by atoms with Crippen LogP contribution in [0.2, 0.25) is 5.02 Å². The van der Waals surface area contributed by atoms with Crippen molar-refractivity contribution in [2.45, 2.75) is 31.8 Å². The third kappa shape index (κ3) is 4.13. The van der Waals surface area contributed by atoms with Gasteiger partial charge in [0.15, 0.2) is 0 Å². The van der Waals surface area contributed by atoms with E-state index in [1.807, 2.05) is 54.2 Å². The molecule has 2 heterocycles. The molecule has 1 fully saturated rings. The van der Waals surface area contributed by atoms with Gasteiger partial charge in [-0.3, -0.25) is 9.79 Å². The SMILES string of the molecule is CC(=O)Nc1ccc2c(c1)NC(=NCc1cccc(Cl)c1)C1(CCSCC1)N2. The van der Waals surface area contributed by atoms with Crippen LogP contribution in [0.1, 0.15) is 25.3 Å². The molecule has 2 aliphatic rings. The second-order valence-electron chi connectivity index (χ2n) is 7.18. The van der Waals surface area contributed by atoms with E-state index in [1.165, 1.54) is 6.92 Å². The maximum atomic E-state index is 11.4. The van der Waals surface area contributed by atoms with Gasteiger partial charge in [0.25, 0.3) is 0 Å². The molecule has 5 nitrogen and oxygen atoms in total. The number of carbonyl (C=O) groups is 1. The van der Waals surface area contributed by atoms with Crippen LogP contribution in [-0.4, -0.2) is 28.8 Å². The van der Waals surface area contributed by atoms with Crippen LogP contribution in [0.4, 0.5) is 17.1 Å². The fourth-order valence-corrected chi connectivity index (χ4v) is 5.08. The van der Waals surface area contributed by atoms with Gasteiger partial charge >= 0.3 is 0 Å². The lowest BCUT2D eigenvalue weighted by molar-refractivity contribution is -0.114. The molecule has 1 spiro atoms. The predicted octanol–water partition coefficient (Wildman–Crippen LogP) is 5.00. The van der Waals surface area contributed by atoms with Gasteiger partial charge in [-0.1, -0.05) is 23.7 Å². The van der Waals surface area contributed by atoms with Gasteiger partial charge in [0.2, 0.25) is 5.91 Å². The first-order valence-electron chi connectivity index (χ1n) is 9.38. The maximum Gasteiger partial charge on any atom is 0.221 e. The van der Waals surface area contributed by atoms with Crippen LogP contribution in [0.5, 0.6) is 0 Å². The lowest BCUT2D eigenvalue weighted by atomic mass is 9.87. The van der Waals surface area contributed by atoms with Crippen LogP contribution in [0.15, 0.2) is 47.5 Å². The van der Waals surface area contributed by atoms with Crippen molar-refractivity contribution in [2.24, 2.45) is 4.99 Å². The molecule has 146 valence electrons. The van der Waals surface area contributed by atoms with E-state index in [9.17, 15) is 4.79 Å². The molecule has 1 amide bonds. The van der Waals surface area contributed by atoms with Gasteiger partial charge < -0.3 is 16.0 Å². The second-order valence-corrected chi connectivity index (χ2v) is 8.84. The molecule has 0 unspecified atom stereocenters. The van der Waals surface area contributed by atoms with Crippen molar-refractivity contribution < 1.29 is 4.79 Å². The van der Waals surface area contributed by atoms with Crippen molar-refractivity contribution in [2.75, 3.05) is 27.5 Å². The number of rotatable bonds is 3. The number of carbonyl (C=O) groups excluding carboxylic acids is 1. The Balaban J connectivity index is 1.66. The average molecular weight is 415 g/mol. The topological polar surface area (TPSA) is 65.5 Å². The third-order valence-electron chi connectivity index (χ3n) is 5.08. The van der Waals surface area contributed by atoms with Gasteiger partial charge in [0, 0.05) is 17.6 Å². The molecule has 0 bridgehead atoms. The number of benzene rings is 2. The number of nitrogens with zero attached hydrogens (tertiary/aromatic N) is 1. The highest BCUT2D eigenvalue weighted by molar-refractivity contribution is 7.99. The average Bonchev–Trinajstić information content (AvgIpc) is 2.67. The first-order valence-corrected chi connectivity index (χ1v) is 10.9. The zero-order valence-corrected chi connectivity index (χ0v) is 17.3. The van der Waals surface area contributed by atoms with Crippen LogP contribution in [-0.2, 0) is 11.3 Å². The number of amidine groups is 1. The summed E-state index contributed by atoms with van der Waals surface area (Å²) in [6, 6.07) is 13.7. The standard InChI is InChI=1S/C21H23ClN4OS/c1-14(27)24-17-5-6-18-19(12-17)25-20(21(26-18)7-9-28-10-8-21)23-13-15-3-2-4-16(22)11-15/h2-6,11-12,26H,7-10,13H2,1H3,(H,23,25)(H,24,27). The van der Waals surface area contributed by atoms with Gasteiger partial charge in [0.05, 0.1) is 23.5 Å². The van der Waals surface area contributed by atoms with Crippen molar-refractivity contribution in [3.63, 3.8) is 0 Å². The first kappa shape index (κ1) is 19.2. The minimum absolute atomic E-state index is 0.0839. The third-order valence-corrected chi connectivity index (χ3v) is 6.30. The molecule has 1 saturated heterocycles. The Morgan fingerprint density at radius 2 is 2.04 bits per heavy atom. The Hall–Kier alpha value is -2.18. The molecule has 0 atom stereocenters. The van der Waals surface area contributed by atoms with Gasteiger partial charge in [-0.05, 0) is 60.2 Å². The first-order chi connectivity index (χ1) is 13.5. The monoisotopic (exact) mass is 414 g/mol. The second kappa shape index (κ2) is 8.05. The summed E-state index contributed by atoms with van der Waals surface area (Å²) in [6.07, 6.45) is 2.04. The van der Waals surface area contributed by atoms with Gasteiger partial charge in [-0.15, -0.1) is 0 Å². The summed E-state index contributed by atoms with van der Waals surface area (Å²) in [5.41, 5.74) is 3.65. The van der Waals surface area contributed by atoms with E-state index in [0.717, 1.165) is 57.8 Å². The van der Waals surface area contributed by atoms with Crippen molar-refractivity contribution in [1.82, 2.24) is 0 Å². The normalized spacial score (nSPS) is 18.9. The Morgan fingerprint density at radius 3 is 2.79 bits per heavy atom. The summed E-state index contributed by atoms with van der Waals surface area (Å²) in [5, 5.41) is 10.9. The molecule has 0 aliphatic carbocycles. The summed E-state index contributed by atoms with van der Waals surface area (Å²) in [6.45, 7) is 2.08. The predicted molar refractivity (Wildman–Crippen MR) is 120 cm³/mol. The van der Waals surface area contributed by atoms with Gasteiger partial charge in [-0.25, -0.2) is 0 Å². The van der Waals surface area contributed by atoms with E-state index >= 15 is 0 Å². The summed E-state index contributed by atoms with van der Waals surface area (Å²) in [7, 11) is 0. The molecule has 3 N–H and O–H groups in total. The van der Waals surface area contributed by atoms with E-state index in [-0.39, 0.29) is 11.4 Å². The molecule has 2 aromatic carbocycles.